The molecule has 1 aliphatic rings. The number of rotatable bonds is 2. The van der Waals surface area contributed by atoms with Gasteiger partial charge in [0.1, 0.15) is 0 Å². The normalized spacial score (nSPS) is 24.9. The van der Waals surface area contributed by atoms with Gasteiger partial charge < -0.3 is 4.74 Å². The summed E-state index contributed by atoms with van der Waals surface area (Å²) in [4.78, 5) is 0. The van der Waals surface area contributed by atoms with Gasteiger partial charge in [0.05, 0.1) is 11.5 Å². The first-order chi connectivity index (χ1) is 5.64. The van der Waals surface area contributed by atoms with Crippen molar-refractivity contribution < 1.29 is 4.74 Å². The van der Waals surface area contributed by atoms with Crippen LogP contribution in [0.25, 0.3) is 0 Å². The van der Waals surface area contributed by atoms with Crippen LogP contribution in [0.5, 0.6) is 0 Å². The van der Waals surface area contributed by atoms with Crippen molar-refractivity contribution >= 4 is 0 Å². The van der Waals surface area contributed by atoms with E-state index in [2.05, 4.69) is 6.07 Å². The van der Waals surface area contributed by atoms with Crippen molar-refractivity contribution in [2.24, 2.45) is 11.3 Å². The summed E-state index contributed by atoms with van der Waals surface area (Å²) < 4.78 is 5.36. The van der Waals surface area contributed by atoms with Crippen molar-refractivity contribution in [3.8, 4) is 6.07 Å². The van der Waals surface area contributed by atoms with E-state index in [1.165, 1.54) is 6.42 Å². The molecule has 0 bridgehead atoms. The lowest BCUT2D eigenvalue weighted by atomic mass is 9.82. The van der Waals surface area contributed by atoms with Gasteiger partial charge in [-0.2, -0.15) is 5.26 Å². The van der Waals surface area contributed by atoms with Gasteiger partial charge in [-0.05, 0) is 39.0 Å². The molecule has 0 aromatic rings. The maximum absolute atomic E-state index is 8.83. The van der Waals surface area contributed by atoms with Gasteiger partial charge in [0.2, 0.25) is 0 Å². The molecule has 1 saturated heterocycles. The predicted molar refractivity (Wildman–Crippen MR) is 47.6 cm³/mol. The second kappa shape index (κ2) is 3.91. The molecule has 2 heteroatoms. The van der Waals surface area contributed by atoms with Crippen LogP contribution in [0, 0.1) is 22.7 Å². The summed E-state index contributed by atoms with van der Waals surface area (Å²) in [5.74, 6) is 0.605. The van der Waals surface area contributed by atoms with Crippen LogP contribution < -0.4 is 0 Å². The first-order valence-corrected chi connectivity index (χ1v) is 4.63. The van der Waals surface area contributed by atoms with Gasteiger partial charge in [-0.25, -0.2) is 0 Å². The Labute approximate surface area is 74.5 Å². The molecule has 1 rings (SSSR count). The van der Waals surface area contributed by atoms with E-state index in [0.717, 1.165) is 26.1 Å². The van der Waals surface area contributed by atoms with Gasteiger partial charge in [0, 0.05) is 13.2 Å². The molecule has 0 aliphatic carbocycles. The quantitative estimate of drug-likeness (QED) is 0.632. The number of hydrogen-bond acceptors (Lipinski definition) is 2. The summed E-state index contributed by atoms with van der Waals surface area (Å²) in [6, 6.07) is 2.33. The molecule has 0 amide bonds. The molecular formula is C10H17NO. The van der Waals surface area contributed by atoms with Gasteiger partial charge in [0.25, 0.3) is 0 Å². The van der Waals surface area contributed by atoms with Crippen molar-refractivity contribution in [2.45, 2.75) is 33.1 Å². The molecule has 0 radical (unpaired) electrons. The topological polar surface area (TPSA) is 33.0 Å². The zero-order chi connectivity index (χ0) is 9.03. The molecule has 0 spiro atoms. The van der Waals surface area contributed by atoms with E-state index in [1.807, 2.05) is 13.8 Å². The van der Waals surface area contributed by atoms with Crippen LogP contribution >= 0.6 is 0 Å². The summed E-state index contributed by atoms with van der Waals surface area (Å²) in [5, 5.41) is 8.83. The van der Waals surface area contributed by atoms with Crippen molar-refractivity contribution in [3.05, 3.63) is 0 Å². The minimum absolute atomic E-state index is 0.175. The molecule has 0 N–H and O–H groups in total. The SMILES string of the molecule is CC(C)(C#N)CC1CCCOC1. The van der Waals surface area contributed by atoms with Gasteiger partial charge in [-0.1, -0.05) is 0 Å². The molecule has 12 heavy (non-hydrogen) atoms. The lowest BCUT2D eigenvalue weighted by molar-refractivity contribution is 0.0422. The maximum Gasteiger partial charge on any atom is 0.0684 e. The number of nitriles is 1. The summed E-state index contributed by atoms with van der Waals surface area (Å²) in [7, 11) is 0. The molecule has 1 aliphatic heterocycles. The van der Waals surface area contributed by atoms with Crippen molar-refractivity contribution in [1.82, 2.24) is 0 Å². The molecule has 1 unspecified atom stereocenters. The molecule has 0 aromatic heterocycles. The standard InChI is InChI=1S/C10H17NO/c1-10(2,8-11)6-9-4-3-5-12-7-9/h9H,3-7H2,1-2H3. The Bertz CT molecular complexity index is 175. The van der Waals surface area contributed by atoms with E-state index >= 15 is 0 Å². The third-order valence-electron chi connectivity index (χ3n) is 2.36. The van der Waals surface area contributed by atoms with E-state index in [-0.39, 0.29) is 5.41 Å². The third kappa shape index (κ3) is 2.83. The van der Waals surface area contributed by atoms with E-state index < -0.39 is 0 Å². The van der Waals surface area contributed by atoms with Crippen molar-refractivity contribution in [1.29, 1.82) is 5.26 Å². The van der Waals surface area contributed by atoms with Gasteiger partial charge in [0.15, 0.2) is 0 Å². The average Bonchev–Trinajstić information content (AvgIpc) is 2.06. The molecule has 0 aromatic carbocycles. The lowest BCUT2D eigenvalue weighted by Crippen LogP contribution is -2.23. The fourth-order valence-corrected chi connectivity index (χ4v) is 1.74. The van der Waals surface area contributed by atoms with Gasteiger partial charge in [-0.3, -0.25) is 0 Å². The highest BCUT2D eigenvalue weighted by molar-refractivity contribution is 4.93. The zero-order valence-electron chi connectivity index (χ0n) is 7.97. The predicted octanol–water partition coefficient (Wildman–Crippen LogP) is 2.35. The Balaban J connectivity index is 2.35. The summed E-state index contributed by atoms with van der Waals surface area (Å²) in [6.07, 6.45) is 3.36. The van der Waals surface area contributed by atoms with Gasteiger partial charge in [-0.15, -0.1) is 0 Å². The molecule has 0 saturated carbocycles. The summed E-state index contributed by atoms with van der Waals surface area (Å²) in [6.45, 7) is 5.76. The Morgan fingerprint density at radius 3 is 2.83 bits per heavy atom. The maximum atomic E-state index is 8.83. The minimum Gasteiger partial charge on any atom is -0.381 e. The Kier molecular flexibility index (Phi) is 3.11. The van der Waals surface area contributed by atoms with Crippen LogP contribution in [0.1, 0.15) is 33.1 Å². The van der Waals surface area contributed by atoms with Gasteiger partial charge >= 0.3 is 0 Å². The molecular weight excluding hydrogens is 150 g/mol. The van der Waals surface area contributed by atoms with Crippen LogP contribution in [-0.4, -0.2) is 13.2 Å². The Morgan fingerprint density at radius 2 is 2.33 bits per heavy atom. The lowest BCUT2D eigenvalue weighted by Gasteiger charge is -2.26. The summed E-state index contributed by atoms with van der Waals surface area (Å²) >= 11 is 0. The summed E-state index contributed by atoms with van der Waals surface area (Å²) in [5.41, 5.74) is -0.175. The molecule has 2 nitrogen and oxygen atoms in total. The molecule has 68 valence electrons. The average molecular weight is 167 g/mol. The molecule has 1 fully saturated rings. The fourth-order valence-electron chi connectivity index (χ4n) is 1.74. The van der Waals surface area contributed by atoms with Crippen molar-refractivity contribution in [2.75, 3.05) is 13.2 Å². The van der Waals surface area contributed by atoms with E-state index in [0.29, 0.717) is 5.92 Å². The molecule has 1 heterocycles. The van der Waals surface area contributed by atoms with Crippen LogP contribution in [0.4, 0.5) is 0 Å². The van der Waals surface area contributed by atoms with E-state index in [1.54, 1.807) is 0 Å². The zero-order valence-corrected chi connectivity index (χ0v) is 7.97. The third-order valence-corrected chi connectivity index (χ3v) is 2.36. The highest BCUT2D eigenvalue weighted by Gasteiger charge is 2.24. The second-order valence-electron chi connectivity index (χ2n) is 4.28. The van der Waals surface area contributed by atoms with Crippen LogP contribution in [0.15, 0.2) is 0 Å². The second-order valence-corrected chi connectivity index (χ2v) is 4.28. The minimum atomic E-state index is -0.175. The Hall–Kier alpha value is -0.550. The number of hydrogen-bond donors (Lipinski definition) is 0. The van der Waals surface area contributed by atoms with E-state index in [4.69, 9.17) is 10.00 Å². The fraction of sp³-hybridized carbons (Fsp3) is 0.900. The highest BCUT2D eigenvalue weighted by atomic mass is 16.5. The number of ether oxygens (including phenoxy) is 1. The number of nitrogens with zero attached hydrogens (tertiary/aromatic N) is 1. The van der Waals surface area contributed by atoms with Crippen molar-refractivity contribution in [3.63, 3.8) is 0 Å². The van der Waals surface area contributed by atoms with Crippen LogP contribution in [0.2, 0.25) is 0 Å². The first-order valence-electron chi connectivity index (χ1n) is 4.63. The smallest absolute Gasteiger partial charge is 0.0684 e. The van der Waals surface area contributed by atoms with Crippen LogP contribution in [0.3, 0.4) is 0 Å². The van der Waals surface area contributed by atoms with Crippen LogP contribution in [-0.2, 0) is 4.74 Å². The highest BCUT2D eigenvalue weighted by Crippen LogP contribution is 2.28. The Morgan fingerprint density at radius 1 is 1.58 bits per heavy atom. The monoisotopic (exact) mass is 167 g/mol. The first kappa shape index (κ1) is 9.54. The largest absolute Gasteiger partial charge is 0.381 e. The van der Waals surface area contributed by atoms with E-state index in [9.17, 15) is 0 Å². The molecule has 1 atom stereocenters.